The molecule has 17 heteroatoms. The fourth-order valence-corrected chi connectivity index (χ4v) is 9.82. The summed E-state index contributed by atoms with van der Waals surface area (Å²) in [7, 11) is 5.35. The Morgan fingerprint density at radius 1 is 0.983 bits per heavy atom. The van der Waals surface area contributed by atoms with Crippen LogP contribution in [0.1, 0.15) is 109 Å². The zero-order chi connectivity index (χ0) is 43.9. The minimum absolute atomic E-state index is 0.126. The van der Waals surface area contributed by atoms with Crippen molar-refractivity contribution in [3.63, 3.8) is 0 Å². The molecule has 0 unspecified atom stereocenters. The lowest BCUT2D eigenvalue weighted by atomic mass is 9.79. The molecule has 5 heterocycles. The molecular weight excluding hydrogens is 770 g/mol. The number of methoxy groups -OCH3 is 1. The van der Waals surface area contributed by atoms with Gasteiger partial charge in [0.1, 0.15) is 29.5 Å². The van der Waals surface area contributed by atoms with Crippen molar-refractivity contribution >= 4 is 24.1 Å². The summed E-state index contributed by atoms with van der Waals surface area (Å²) in [5.41, 5.74) is -3.52. The van der Waals surface area contributed by atoms with Gasteiger partial charge >= 0.3 is 18.2 Å². The number of hydrogen-bond donors (Lipinski definition) is 2. The van der Waals surface area contributed by atoms with Crippen LogP contribution in [0.2, 0.25) is 0 Å². The third-order valence-electron chi connectivity index (χ3n) is 13.0. The van der Waals surface area contributed by atoms with Crippen LogP contribution in [0.3, 0.4) is 0 Å². The molecule has 0 aromatic rings. The molecule has 0 aliphatic carbocycles. The summed E-state index contributed by atoms with van der Waals surface area (Å²) in [4.78, 5) is 47.1. The summed E-state index contributed by atoms with van der Waals surface area (Å²) >= 11 is 0. The zero-order valence-corrected chi connectivity index (χ0v) is 37.7. The van der Waals surface area contributed by atoms with Crippen molar-refractivity contribution in [2.24, 2.45) is 22.7 Å². The molecule has 0 saturated carbocycles. The Bertz CT molecular complexity index is 1530. The van der Waals surface area contributed by atoms with Gasteiger partial charge in [0.05, 0.1) is 30.3 Å². The van der Waals surface area contributed by atoms with Crippen LogP contribution in [-0.2, 0) is 52.2 Å². The standard InChI is InChI=1S/C42H71N3O14/c1-16-28-42(12)33(57-39(49)59-42)25(8)44-35-21(4)18-41(11,58-35)32(55-37-30(46)27(45(13)14)17-22(5)51-37)23(6)31(24(7)36(47)53-28)54-29-19-40(10,50-15)34(26(9)52-29)56-38(48)43-20(2)3/h20-34,37,46H,16-19H2,1-15H3,(H,43,48)/t21-,22-,23+,24-,25-,26+,27+,28-,29+,30-,31+,32-,33-,34+,37+,40-,41+,42+/m1/s1. The number of aliphatic hydroxyl groups excluding tert-OH is 1. The van der Waals surface area contributed by atoms with Crippen LogP contribution in [0.25, 0.3) is 0 Å². The van der Waals surface area contributed by atoms with Gasteiger partial charge in [-0.2, -0.15) is 0 Å². The van der Waals surface area contributed by atoms with E-state index in [0.717, 1.165) is 0 Å². The molecule has 2 bridgehead atoms. The highest BCUT2D eigenvalue weighted by atomic mass is 16.8. The number of aliphatic imine (C=N–C) groups is 1. The van der Waals surface area contributed by atoms with Crippen molar-refractivity contribution in [2.45, 2.75) is 205 Å². The lowest BCUT2D eigenvalue weighted by Crippen LogP contribution is -2.61. The van der Waals surface area contributed by atoms with Gasteiger partial charge < -0.3 is 62.7 Å². The number of ether oxygens (including phenoxy) is 10. The SMILES string of the molecule is CC[C@H]1OC(=O)[C@H](C)[C@@H](O[C@H]2C[C@@](C)(OC)[C@@H](OC(=O)NC(C)C)[C@H](C)O2)[C@H](C)[C@@H](O[C@@H]2O[C@H](C)C[C@H](N(C)C)[C@H]2O)[C@]2(C)C[C@@H](C)C(=N[C@H](C)[C@H]3OC(=O)O[C@]31C)O2. The Labute approximate surface area is 349 Å². The summed E-state index contributed by atoms with van der Waals surface area (Å²) in [6, 6.07) is -1.04. The van der Waals surface area contributed by atoms with E-state index in [1.807, 2.05) is 81.3 Å². The van der Waals surface area contributed by atoms with Crippen molar-refractivity contribution in [3.8, 4) is 0 Å². The molecule has 4 fully saturated rings. The summed E-state index contributed by atoms with van der Waals surface area (Å²) < 4.78 is 63.2. The molecule has 17 nitrogen and oxygen atoms in total. The second-order valence-electron chi connectivity index (χ2n) is 18.6. The van der Waals surface area contributed by atoms with Crippen LogP contribution in [-0.4, -0.2) is 152 Å². The van der Waals surface area contributed by atoms with Gasteiger partial charge in [0.25, 0.3) is 0 Å². The number of rotatable bonds is 9. The average molecular weight is 842 g/mol. The third-order valence-corrected chi connectivity index (χ3v) is 13.0. The number of aliphatic hydroxyl groups is 1. The number of carbonyl (C=O) groups excluding carboxylic acids is 3. The number of hydrogen-bond acceptors (Lipinski definition) is 16. The van der Waals surface area contributed by atoms with Crippen molar-refractivity contribution in [2.75, 3.05) is 21.2 Å². The maximum absolute atomic E-state index is 14.6. The van der Waals surface area contributed by atoms with Gasteiger partial charge in [-0.05, 0) is 89.3 Å². The number of amides is 1. The Hall–Kier alpha value is -2.80. The molecule has 4 saturated heterocycles. The maximum atomic E-state index is 14.6. The van der Waals surface area contributed by atoms with Crippen molar-refractivity contribution in [3.05, 3.63) is 0 Å². The van der Waals surface area contributed by atoms with Crippen LogP contribution in [0.5, 0.6) is 0 Å². The van der Waals surface area contributed by atoms with E-state index in [1.54, 1.807) is 20.8 Å². The van der Waals surface area contributed by atoms with Crippen LogP contribution in [0.4, 0.5) is 9.59 Å². The molecule has 59 heavy (non-hydrogen) atoms. The number of fused-ring (bicyclic) bond motifs is 3. The number of esters is 1. The highest BCUT2D eigenvalue weighted by Crippen LogP contribution is 2.45. The van der Waals surface area contributed by atoms with Crippen molar-refractivity contribution in [1.29, 1.82) is 0 Å². The van der Waals surface area contributed by atoms with Gasteiger partial charge in [-0.1, -0.05) is 20.8 Å². The molecule has 1 amide bonds. The predicted molar refractivity (Wildman–Crippen MR) is 214 cm³/mol. The number of nitrogens with zero attached hydrogens (tertiary/aromatic N) is 2. The topological polar surface area (TPSA) is 191 Å². The first-order valence-electron chi connectivity index (χ1n) is 21.3. The quantitative estimate of drug-likeness (QED) is 0.239. The van der Waals surface area contributed by atoms with Gasteiger partial charge in [-0.25, -0.2) is 14.6 Å². The molecule has 0 spiro atoms. The number of nitrogens with one attached hydrogen (secondary N) is 1. The molecule has 0 aromatic carbocycles. The van der Waals surface area contributed by atoms with Crippen molar-refractivity contribution in [1.82, 2.24) is 10.2 Å². The molecule has 0 aromatic heterocycles. The largest absolute Gasteiger partial charge is 0.509 e. The lowest BCUT2D eigenvalue weighted by Gasteiger charge is -2.49. The Morgan fingerprint density at radius 2 is 1.66 bits per heavy atom. The van der Waals surface area contributed by atoms with Crippen LogP contribution < -0.4 is 5.32 Å². The second kappa shape index (κ2) is 18.3. The Morgan fingerprint density at radius 3 is 2.27 bits per heavy atom. The van der Waals surface area contributed by atoms with Gasteiger partial charge in [-0.15, -0.1) is 0 Å². The maximum Gasteiger partial charge on any atom is 0.509 e. The summed E-state index contributed by atoms with van der Waals surface area (Å²) in [6.07, 6.45) is -8.45. The fraction of sp³-hybridized carbons (Fsp3) is 0.905. The normalized spacial score (nSPS) is 45.7. The van der Waals surface area contributed by atoms with E-state index in [0.29, 0.717) is 25.2 Å². The van der Waals surface area contributed by atoms with Crippen LogP contribution >= 0.6 is 0 Å². The monoisotopic (exact) mass is 841 g/mol. The Kier molecular flexibility index (Phi) is 14.6. The number of cyclic esters (lactones) is 1. The van der Waals surface area contributed by atoms with E-state index in [2.05, 4.69) is 5.32 Å². The average Bonchev–Trinajstić information content (AvgIpc) is 3.62. The summed E-state index contributed by atoms with van der Waals surface area (Å²) in [6.45, 7) is 22.1. The molecule has 0 radical (unpaired) electrons. The van der Waals surface area contributed by atoms with Gasteiger partial charge in [-0.3, -0.25) is 4.79 Å². The van der Waals surface area contributed by atoms with Gasteiger partial charge in [0.15, 0.2) is 36.3 Å². The van der Waals surface area contributed by atoms with Crippen LogP contribution in [0, 0.1) is 17.8 Å². The molecule has 2 N–H and O–H groups in total. The number of carbonyl (C=O) groups is 3. The van der Waals surface area contributed by atoms with E-state index >= 15 is 0 Å². The number of likely N-dealkylation sites (N-methyl/N-ethyl adjacent to an activating group) is 1. The molecule has 18 atom stereocenters. The zero-order valence-electron chi connectivity index (χ0n) is 37.7. The molecular formula is C42H71N3O14. The van der Waals surface area contributed by atoms with Crippen LogP contribution in [0.15, 0.2) is 4.99 Å². The summed E-state index contributed by atoms with van der Waals surface area (Å²) in [5.74, 6) is -2.00. The van der Waals surface area contributed by atoms with Gasteiger partial charge in [0.2, 0.25) is 0 Å². The molecule has 338 valence electrons. The first-order valence-corrected chi connectivity index (χ1v) is 21.3. The second-order valence-corrected chi connectivity index (χ2v) is 18.6. The minimum Gasteiger partial charge on any atom is -0.472 e. The summed E-state index contributed by atoms with van der Waals surface area (Å²) in [5, 5.41) is 14.5. The highest BCUT2D eigenvalue weighted by molar-refractivity contribution is 5.81. The predicted octanol–water partition coefficient (Wildman–Crippen LogP) is 4.73. The minimum atomic E-state index is -1.37. The van der Waals surface area contributed by atoms with Crippen molar-refractivity contribution < 1.29 is 66.9 Å². The van der Waals surface area contributed by atoms with E-state index in [1.165, 1.54) is 7.11 Å². The van der Waals surface area contributed by atoms with E-state index < -0.39 is 108 Å². The first-order chi connectivity index (χ1) is 27.5. The smallest absolute Gasteiger partial charge is 0.472 e. The number of alkyl carbamates (subject to hydrolysis) is 1. The van der Waals surface area contributed by atoms with Gasteiger partial charge in [0, 0.05) is 43.9 Å². The Balaban J connectivity index is 1.59. The first kappa shape index (κ1) is 47.3. The fourth-order valence-electron chi connectivity index (χ4n) is 9.82. The molecule has 5 rings (SSSR count). The lowest BCUT2D eigenvalue weighted by molar-refractivity contribution is -0.315. The highest BCUT2D eigenvalue weighted by Gasteiger charge is 2.59. The van der Waals surface area contributed by atoms with E-state index in [-0.39, 0.29) is 30.5 Å². The molecule has 5 aliphatic heterocycles. The molecule has 5 aliphatic rings. The third kappa shape index (κ3) is 9.81. The van der Waals surface area contributed by atoms with E-state index in [4.69, 9.17) is 52.4 Å². The van der Waals surface area contributed by atoms with E-state index in [9.17, 15) is 19.5 Å².